The minimum absolute atomic E-state index is 0.0139. The third-order valence-electron chi connectivity index (χ3n) is 17.5. The number of carbonyl (C=O) groups is 2. The highest BCUT2D eigenvalue weighted by molar-refractivity contribution is 5.69. The number of carbonyl (C=O) groups excluding carboxylic acids is 2. The molecule has 0 aromatic heterocycles. The number of hydrogen-bond donors (Lipinski definition) is 2. The van der Waals surface area contributed by atoms with Crippen LogP contribution in [0.25, 0.3) is 0 Å². The third kappa shape index (κ3) is 5.99. The summed E-state index contributed by atoms with van der Waals surface area (Å²) in [4.78, 5) is 28.9. The summed E-state index contributed by atoms with van der Waals surface area (Å²) in [5, 5.41) is 23.7. The molecule has 0 bridgehead atoms. The SMILES string of the molecule is CC(=O)O[C@@H](C1C[C@@H](C)C2C(O1)[C@H](O)[C@@]1(C)[C@@H]3CC[C@H]4C(C)(C)[C@@H](OC5CN(C6CN(C(=O)OC(C)(C)C)C6)CCO5)CC[C@@]45CC35CC[C@]21C)C(C)(C)O. The van der Waals surface area contributed by atoms with Gasteiger partial charge < -0.3 is 38.8 Å². The molecule has 8 aliphatic rings. The van der Waals surface area contributed by atoms with Gasteiger partial charge in [-0.25, -0.2) is 4.79 Å². The molecular formula is C44H72N2O9. The van der Waals surface area contributed by atoms with Gasteiger partial charge in [0.15, 0.2) is 12.4 Å². The van der Waals surface area contributed by atoms with Crippen molar-refractivity contribution in [2.75, 3.05) is 32.8 Å². The predicted octanol–water partition coefficient (Wildman–Crippen LogP) is 6.17. The number of esters is 1. The van der Waals surface area contributed by atoms with Gasteiger partial charge in [0, 0.05) is 38.0 Å². The van der Waals surface area contributed by atoms with Crippen molar-refractivity contribution in [1.29, 1.82) is 0 Å². The number of amides is 1. The van der Waals surface area contributed by atoms with Crippen LogP contribution in [0.1, 0.15) is 128 Å². The Bertz CT molecular complexity index is 1520. The molecule has 3 heterocycles. The average molecular weight is 773 g/mol. The second-order valence-electron chi connectivity index (χ2n) is 22.2. The van der Waals surface area contributed by atoms with E-state index in [0.29, 0.717) is 44.0 Å². The van der Waals surface area contributed by atoms with E-state index >= 15 is 0 Å². The van der Waals surface area contributed by atoms with Gasteiger partial charge >= 0.3 is 12.1 Å². The first-order valence-corrected chi connectivity index (χ1v) is 21.7. The fourth-order valence-electron chi connectivity index (χ4n) is 15.0. The normalized spacial score (nSPS) is 47.2. The van der Waals surface area contributed by atoms with Gasteiger partial charge in [0.1, 0.15) is 5.60 Å². The topological polar surface area (TPSA) is 127 Å². The van der Waals surface area contributed by atoms with Crippen molar-refractivity contribution >= 4 is 12.1 Å². The van der Waals surface area contributed by atoms with Crippen LogP contribution >= 0.6 is 0 Å². The molecule has 2 N–H and O–H groups in total. The zero-order valence-electron chi connectivity index (χ0n) is 35.7. The van der Waals surface area contributed by atoms with Gasteiger partial charge in [-0.15, -0.1) is 0 Å². The number of fused-ring (bicyclic) bond motifs is 4. The molecule has 0 radical (unpaired) electrons. The van der Waals surface area contributed by atoms with Crippen molar-refractivity contribution in [3.8, 4) is 0 Å². The van der Waals surface area contributed by atoms with E-state index in [0.717, 1.165) is 45.2 Å². The zero-order chi connectivity index (χ0) is 39.9. The number of hydrogen-bond acceptors (Lipinski definition) is 10. The number of ether oxygens (including phenoxy) is 5. The molecule has 3 aliphatic heterocycles. The summed E-state index contributed by atoms with van der Waals surface area (Å²) in [5.41, 5.74) is -1.67. The van der Waals surface area contributed by atoms with Crippen LogP contribution in [0.2, 0.25) is 0 Å². The Morgan fingerprint density at radius 1 is 0.927 bits per heavy atom. The van der Waals surface area contributed by atoms with Gasteiger partial charge in [-0.05, 0) is 131 Å². The van der Waals surface area contributed by atoms with Crippen molar-refractivity contribution in [2.24, 2.45) is 50.7 Å². The molecule has 11 heteroatoms. The van der Waals surface area contributed by atoms with Gasteiger partial charge in [-0.1, -0.05) is 34.6 Å². The average Bonchev–Trinajstić information content (AvgIpc) is 3.68. The summed E-state index contributed by atoms with van der Waals surface area (Å²) in [7, 11) is 0. The molecule has 55 heavy (non-hydrogen) atoms. The van der Waals surface area contributed by atoms with E-state index in [1.54, 1.807) is 18.7 Å². The molecule has 3 saturated heterocycles. The molecular weight excluding hydrogens is 700 g/mol. The molecule has 8 rings (SSSR count). The summed E-state index contributed by atoms with van der Waals surface area (Å²) in [6.07, 6.45) is 5.98. The quantitative estimate of drug-likeness (QED) is 0.303. The maximum Gasteiger partial charge on any atom is 0.410 e. The monoisotopic (exact) mass is 773 g/mol. The molecule has 5 aliphatic carbocycles. The smallest absolute Gasteiger partial charge is 0.410 e. The second kappa shape index (κ2) is 13.0. The van der Waals surface area contributed by atoms with E-state index in [4.69, 9.17) is 23.7 Å². The highest BCUT2D eigenvalue weighted by Crippen LogP contribution is 2.89. The van der Waals surface area contributed by atoms with Crippen LogP contribution in [0, 0.1) is 50.7 Å². The van der Waals surface area contributed by atoms with Crippen molar-refractivity contribution in [2.45, 2.75) is 182 Å². The van der Waals surface area contributed by atoms with Crippen molar-refractivity contribution in [1.82, 2.24) is 9.80 Å². The molecule has 14 atom stereocenters. The van der Waals surface area contributed by atoms with E-state index in [9.17, 15) is 19.8 Å². The Kier molecular flexibility index (Phi) is 9.52. The Hall–Kier alpha value is -1.50. The van der Waals surface area contributed by atoms with Crippen LogP contribution in [-0.2, 0) is 28.5 Å². The Morgan fingerprint density at radius 3 is 2.25 bits per heavy atom. The zero-order valence-corrected chi connectivity index (χ0v) is 35.7. The number of morpholine rings is 1. The lowest BCUT2D eigenvalue weighted by Crippen LogP contribution is -2.64. The summed E-state index contributed by atoms with van der Waals surface area (Å²) in [6.45, 7) is 26.1. The number of nitrogens with zero attached hydrogens (tertiary/aromatic N) is 2. The standard InChI is InChI=1S/C44H72N2O9/c1-25-20-28(36(40(8,9)50)52-26(2)47)53-34-33(25)41(10)16-17-44-24-43(44)15-14-31(39(6,7)29(43)12-13-30(44)42(41,11)35(34)48)54-32-23-45(18-19-51-32)27-21-46(22-27)37(49)55-38(3,4)5/h25,27-36,48,50H,12-24H2,1-11H3/t25-,28?,29+,30+,31+,32?,33?,34?,35+,36+,41-,42-,43-,44?/m1/s1. The first-order chi connectivity index (χ1) is 25.5. The van der Waals surface area contributed by atoms with Crippen LogP contribution in [0.5, 0.6) is 0 Å². The first-order valence-electron chi connectivity index (χ1n) is 21.7. The highest BCUT2D eigenvalue weighted by atomic mass is 16.7. The highest BCUT2D eigenvalue weighted by Gasteiger charge is 2.84. The minimum atomic E-state index is -1.27. The summed E-state index contributed by atoms with van der Waals surface area (Å²) >= 11 is 0. The molecule has 0 aromatic rings. The lowest BCUT2D eigenvalue weighted by Gasteiger charge is -2.64. The molecule has 0 aromatic carbocycles. The molecule has 8 fully saturated rings. The number of aliphatic hydroxyl groups is 2. The van der Waals surface area contributed by atoms with E-state index in [1.807, 2.05) is 20.8 Å². The van der Waals surface area contributed by atoms with E-state index in [1.165, 1.54) is 19.8 Å². The predicted molar refractivity (Wildman–Crippen MR) is 206 cm³/mol. The molecule has 11 nitrogen and oxygen atoms in total. The molecule has 312 valence electrons. The molecule has 5 saturated carbocycles. The summed E-state index contributed by atoms with van der Waals surface area (Å²) < 4.78 is 31.4. The molecule has 2 spiro atoms. The van der Waals surface area contributed by atoms with Crippen LogP contribution in [0.3, 0.4) is 0 Å². The Balaban J connectivity index is 0.953. The largest absolute Gasteiger partial charge is 0.457 e. The van der Waals surface area contributed by atoms with E-state index < -0.39 is 35.5 Å². The minimum Gasteiger partial charge on any atom is -0.457 e. The Morgan fingerprint density at radius 2 is 1.60 bits per heavy atom. The van der Waals surface area contributed by atoms with Gasteiger partial charge in [-0.3, -0.25) is 9.69 Å². The van der Waals surface area contributed by atoms with Crippen molar-refractivity contribution < 1.29 is 43.5 Å². The van der Waals surface area contributed by atoms with Crippen LogP contribution < -0.4 is 0 Å². The fraction of sp³-hybridized carbons (Fsp3) is 0.955. The van der Waals surface area contributed by atoms with Crippen molar-refractivity contribution in [3.05, 3.63) is 0 Å². The lowest BCUT2D eigenvalue weighted by molar-refractivity contribution is -0.253. The van der Waals surface area contributed by atoms with E-state index in [-0.39, 0.29) is 63.5 Å². The first kappa shape index (κ1) is 40.3. The van der Waals surface area contributed by atoms with Crippen molar-refractivity contribution in [3.63, 3.8) is 0 Å². The summed E-state index contributed by atoms with van der Waals surface area (Å²) in [5.74, 6) is 0.981. The summed E-state index contributed by atoms with van der Waals surface area (Å²) in [6, 6.07) is 0.302. The number of rotatable bonds is 6. The van der Waals surface area contributed by atoms with E-state index in [2.05, 4.69) is 39.5 Å². The van der Waals surface area contributed by atoms with Gasteiger partial charge in [0.05, 0.1) is 43.2 Å². The van der Waals surface area contributed by atoms with Crippen LogP contribution in [0.15, 0.2) is 0 Å². The Labute approximate surface area is 329 Å². The second-order valence-corrected chi connectivity index (χ2v) is 22.2. The maximum absolute atomic E-state index is 12.6. The van der Waals surface area contributed by atoms with Gasteiger partial charge in [0.25, 0.3) is 0 Å². The lowest BCUT2D eigenvalue weighted by atomic mass is 9.41. The van der Waals surface area contributed by atoms with Crippen LogP contribution in [0.4, 0.5) is 4.79 Å². The van der Waals surface area contributed by atoms with Gasteiger partial charge in [0.2, 0.25) is 0 Å². The maximum atomic E-state index is 12.6. The number of likely N-dealkylation sites (tertiary alicyclic amines) is 1. The van der Waals surface area contributed by atoms with Gasteiger partial charge in [-0.2, -0.15) is 0 Å². The number of aliphatic hydroxyl groups excluding tert-OH is 1. The molecule has 5 unspecified atom stereocenters. The molecule has 1 amide bonds. The third-order valence-corrected chi connectivity index (χ3v) is 17.5. The fourth-order valence-corrected chi connectivity index (χ4v) is 15.0. The van der Waals surface area contributed by atoms with Crippen LogP contribution in [-0.4, -0.2) is 119 Å².